The van der Waals surface area contributed by atoms with Gasteiger partial charge in [0.1, 0.15) is 0 Å². The Morgan fingerprint density at radius 3 is 3.00 bits per heavy atom. The van der Waals surface area contributed by atoms with E-state index in [2.05, 4.69) is 10.1 Å². The molecule has 0 aliphatic heterocycles. The highest BCUT2D eigenvalue weighted by Crippen LogP contribution is 2.56. The maximum absolute atomic E-state index is 12.8. The van der Waals surface area contributed by atoms with E-state index in [0.717, 1.165) is 0 Å². The summed E-state index contributed by atoms with van der Waals surface area (Å²) in [4.78, 5) is 4.04. The third-order valence-corrected chi connectivity index (χ3v) is 2.51. The lowest BCUT2D eigenvalue weighted by Gasteiger charge is -1.95. The minimum atomic E-state index is -2.55. The van der Waals surface area contributed by atoms with Gasteiger partial charge in [-0.05, 0) is 6.07 Å². The molecule has 5 heteroatoms. The van der Waals surface area contributed by atoms with E-state index in [-0.39, 0.29) is 6.42 Å². The molecule has 2 aromatic rings. The molecule has 0 aromatic carbocycles. The maximum Gasteiger partial charge on any atom is 0.256 e. The molecule has 2 aromatic heterocycles. The van der Waals surface area contributed by atoms with Crippen molar-refractivity contribution in [2.45, 2.75) is 18.3 Å². The first-order valence-corrected chi connectivity index (χ1v) is 4.34. The molecule has 72 valence electrons. The molecule has 1 fully saturated rings. The molecular weight excluding hydrogens is 188 g/mol. The highest BCUT2D eigenvalue weighted by atomic mass is 19.3. The number of fused-ring (bicyclic) bond motifs is 1. The van der Waals surface area contributed by atoms with Gasteiger partial charge in [-0.15, -0.1) is 0 Å². The molecule has 3 nitrogen and oxygen atoms in total. The zero-order chi connectivity index (χ0) is 9.76. The molecule has 0 spiro atoms. The summed E-state index contributed by atoms with van der Waals surface area (Å²) in [6.07, 6.45) is 4.69. The van der Waals surface area contributed by atoms with E-state index in [0.29, 0.717) is 11.2 Å². The van der Waals surface area contributed by atoms with Gasteiger partial charge in [-0.25, -0.2) is 18.3 Å². The number of rotatable bonds is 1. The lowest BCUT2D eigenvalue weighted by atomic mass is 10.2. The minimum Gasteiger partial charge on any atom is -0.237 e. The van der Waals surface area contributed by atoms with Crippen molar-refractivity contribution in [2.24, 2.45) is 0 Å². The van der Waals surface area contributed by atoms with E-state index in [9.17, 15) is 8.78 Å². The Morgan fingerprint density at radius 2 is 2.29 bits per heavy atom. The summed E-state index contributed by atoms with van der Waals surface area (Å²) in [6, 6.07) is 1.72. The highest BCUT2D eigenvalue weighted by molar-refractivity contribution is 5.51. The summed E-state index contributed by atoms with van der Waals surface area (Å²) >= 11 is 0. The van der Waals surface area contributed by atoms with E-state index in [1.165, 1.54) is 10.7 Å². The van der Waals surface area contributed by atoms with Crippen LogP contribution in [0.4, 0.5) is 8.78 Å². The molecule has 0 bridgehead atoms. The van der Waals surface area contributed by atoms with Crippen LogP contribution in [0, 0.1) is 0 Å². The summed E-state index contributed by atoms with van der Waals surface area (Å²) in [5.74, 6) is -3.24. The molecule has 3 rings (SSSR count). The van der Waals surface area contributed by atoms with Crippen molar-refractivity contribution in [1.29, 1.82) is 0 Å². The smallest absolute Gasteiger partial charge is 0.237 e. The molecule has 1 aliphatic rings. The Bertz CT molecular complexity index is 492. The van der Waals surface area contributed by atoms with Gasteiger partial charge in [-0.1, -0.05) is 0 Å². The van der Waals surface area contributed by atoms with Crippen LogP contribution in [0.2, 0.25) is 0 Å². The van der Waals surface area contributed by atoms with Crippen LogP contribution in [-0.2, 0) is 0 Å². The van der Waals surface area contributed by atoms with E-state index in [1.807, 2.05) is 0 Å². The van der Waals surface area contributed by atoms with Crippen molar-refractivity contribution in [3.05, 3.63) is 30.2 Å². The number of alkyl halides is 2. The van der Waals surface area contributed by atoms with Crippen molar-refractivity contribution < 1.29 is 8.78 Å². The van der Waals surface area contributed by atoms with Gasteiger partial charge in [0.15, 0.2) is 5.65 Å². The molecule has 2 heterocycles. The van der Waals surface area contributed by atoms with Crippen LogP contribution in [0.1, 0.15) is 17.9 Å². The lowest BCUT2D eigenvalue weighted by molar-refractivity contribution is 0.112. The third-order valence-electron chi connectivity index (χ3n) is 2.51. The molecule has 0 N–H and O–H groups in total. The fraction of sp³-hybridized carbons (Fsp3) is 0.333. The first-order valence-electron chi connectivity index (χ1n) is 4.34. The SMILES string of the molecule is FC1(F)CC1c1cnn2cccnc12. The molecule has 1 unspecified atom stereocenters. The van der Waals surface area contributed by atoms with E-state index < -0.39 is 11.8 Å². The number of hydrogen-bond donors (Lipinski definition) is 0. The van der Waals surface area contributed by atoms with Gasteiger partial charge in [0, 0.05) is 24.4 Å². The average Bonchev–Trinajstić information content (AvgIpc) is 2.63. The number of halogens is 2. The molecular formula is C9H7F2N3. The molecule has 0 amide bonds. The number of nitrogens with zero attached hydrogens (tertiary/aromatic N) is 3. The first-order chi connectivity index (χ1) is 6.68. The monoisotopic (exact) mass is 195 g/mol. The molecule has 0 saturated heterocycles. The maximum atomic E-state index is 12.8. The van der Waals surface area contributed by atoms with Crippen LogP contribution in [0.5, 0.6) is 0 Å². The Morgan fingerprint density at radius 1 is 1.50 bits per heavy atom. The summed E-state index contributed by atoms with van der Waals surface area (Å²) in [7, 11) is 0. The molecule has 0 radical (unpaired) electrons. The van der Waals surface area contributed by atoms with Crippen LogP contribution in [-0.4, -0.2) is 20.5 Å². The predicted octanol–water partition coefficient (Wildman–Crippen LogP) is 1.85. The Labute approximate surface area is 78.4 Å². The van der Waals surface area contributed by atoms with Crippen LogP contribution >= 0.6 is 0 Å². The fourth-order valence-electron chi connectivity index (χ4n) is 1.64. The van der Waals surface area contributed by atoms with Crippen molar-refractivity contribution in [3.8, 4) is 0 Å². The van der Waals surface area contributed by atoms with Gasteiger partial charge in [0.05, 0.1) is 12.1 Å². The first kappa shape index (κ1) is 7.84. The van der Waals surface area contributed by atoms with Gasteiger partial charge in [0.2, 0.25) is 0 Å². The zero-order valence-electron chi connectivity index (χ0n) is 7.19. The largest absolute Gasteiger partial charge is 0.256 e. The summed E-state index contributed by atoms with van der Waals surface area (Å²) in [5, 5.41) is 3.97. The van der Waals surface area contributed by atoms with Gasteiger partial charge in [-0.3, -0.25) is 0 Å². The zero-order valence-corrected chi connectivity index (χ0v) is 7.19. The second-order valence-electron chi connectivity index (χ2n) is 3.51. The van der Waals surface area contributed by atoms with Gasteiger partial charge in [-0.2, -0.15) is 5.10 Å². The van der Waals surface area contributed by atoms with Crippen molar-refractivity contribution in [2.75, 3.05) is 0 Å². The van der Waals surface area contributed by atoms with Crippen LogP contribution in [0.25, 0.3) is 5.65 Å². The lowest BCUT2D eigenvalue weighted by Crippen LogP contribution is -1.94. The van der Waals surface area contributed by atoms with E-state index in [1.54, 1.807) is 18.5 Å². The Balaban J connectivity index is 2.15. The van der Waals surface area contributed by atoms with Gasteiger partial charge >= 0.3 is 0 Å². The molecule has 1 aliphatic carbocycles. The van der Waals surface area contributed by atoms with Crippen LogP contribution in [0.15, 0.2) is 24.7 Å². The van der Waals surface area contributed by atoms with E-state index >= 15 is 0 Å². The number of hydrogen-bond acceptors (Lipinski definition) is 2. The van der Waals surface area contributed by atoms with Crippen molar-refractivity contribution in [1.82, 2.24) is 14.6 Å². The van der Waals surface area contributed by atoms with Crippen molar-refractivity contribution in [3.63, 3.8) is 0 Å². The predicted molar refractivity (Wildman–Crippen MR) is 45.3 cm³/mol. The highest BCUT2D eigenvalue weighted by Gasteiger charge is 2.58. The van der Waals surface area contributed by atoms with Gasteiger partial charge < -0.3 is 0 Å². The topological polar surface area (TPSA) is 30.2 Å². The molecule has 1 saturated carbocycles. The van der Waals surface area contributed by atoms with Crippen LogP contribution in [0.3, 0.4) is 0 Å². The molecule has 1 atom stereocenters. The average molecular weight is 195 g/mol. The molecule has 14 heavy (non-hydrogen) atoms. The van der Waals surface area contributed by atoms with Crippen LogP contribution < -0.4 is 0 Å². The third kappa shape index (κ3) is 0.950. The van der Waals surface area contributed by atoms with E-state index in [4.69, 9.17) is 0 Å². The minimum absolute atomic E-state index is 0.0784. The number of aromatic nitrogens is 3. The summed E-state index contributed by atoms with van der Waals surface area (Å²) < 4.78 is 27.2. The quantitative estimate of drug-likeness (QED) is 0.695. The fourth-order valence-corrected chi connectivity index (χ4v) is 1.64. The van der Waals surface area contributed by atoms with Gasteiger partial charge in [0.25, 0.3) is 5.92 Å². The Kier molecular flexibility index (Phi) is 1.28. The summed E-state index contributed by atoms with van der Waals surface area (Å²) in [6.45, 7) is 0. The van der Waals surface area contributed by atoms with Crippen molar-refractivity contribution >= 4 is 5.65 Å². The normalized spacial score (nSPS) is 24.0. The second kappa shape index (κ2) is 2.29. The summed E-state index contributed by atoms with van der Waals surface area (Å²) in [5.41, 5.74) is 1.09. The Hall–Kier alpha value is -1.52. The standard InChI is InChI=1S/C9H7F2N3/c10-9(11)4-7(9)6-5-13-14-3-1-2-12-8(6)14/h1-3,5,7H,4H2. The second-order valence-corrected chi connectivity index (χ2v) is 3.51.